The summed E-state index contributed by atoms with van der Waals surface area (Å²) in [6.45, 7) is 8.51. The molecule has 0 aromatic heterocycles. The van der Waals surface area contributed by atoms with Gasteiger partial charge in [0.1, 0.15) is 0 Å². The van der Waals surface area contributed by atoms with Crippen molar-refractivity contribution in [1.29, 1.82) is 0 Å². The predicted octanol–water partition coefficient (Wildman–Crippen LogP) is 3.79. The normalized spacial score (nSPS) is 38.8. The van der Waals surface area contributed by atoms with Crippen LogP contribution in [-0.2, 0) is 0 Å². The fraction of sp³-hybridized carbons (Fsp3) is 1.00. The summed E-state index contributed by atoms with van der Waals surface area (Å²) in [6, 6.07) is 0.796. The fourth-order valence-electron chi connectivity index (χ4n) is 3.50. The first-order valence-corrected chi connectivity index (χ1v) is 8.63. The van der Waals surface area contributed by atoms with Crippen LogP contribution in [0.2, 0.25) is 0 Å². The number of hydrogen-bond acceptors (Lipinski definition) is 2. The van der Waals surface area contributed by atoms with E-state index in [0.29, 0.717) is 0 Å². The monoisotopic (exact) mass is 255 g/mol. The minimum Gasteiger partial charge on any atom is -0.313 e. The maximum Gasteiger partial charge on any atom is 0.0100 e. The minimum absolute atomic E-state index is 0.796. The van der Waals surface area contributed by atoms with Gasteiger partial charge in [-0.1, -0.05) is 27.2 Å². The van der Waals surface area contributed by atoms with E-state index in [1.807, 2.05) is 0 Å². The van der Waals surface area contributed by atoms with Crippen LogP contribution in [-0.4, -0.2) is 24.1 Å². The molecule has 17 heavy (non-hydrogen) atoms. The van der Waals surface area contributed by atoms with Gasteiger partial charge < -0.3 is 5.32 Å². The van der Waals surface area contributed by atoms with E-state index in [4.69, 9.17) is 0 Å². The molecule has 0 aromatic rings. The lowest BCUT2D eigenvalue weighted by molar-refractivity contribution is 0.166. The molecule has 1 saturated carbocycles. The predicted molar refractivity (Wildman–Crippen MR) is 78.6 cm³/mol. The quantitative estimate of drug-likeness (QED) is 0.820. The first kappa shape index (κ1) is 13.7. The van der Waals surface area contributed by atoms with Crippen molar-refractivity contribution in [2.45, 2.75) is 52.5 Å². The van der Waals surface area contributed by atoms with Crippen LogP contribution in [0.5, 0.6) is 0 Å². The lowest BCUT2D eigenvalue weighted by Gasteiger charge is -2.38. The van der Waals surface area contributed by atoms with Gasteiger partial charge in [-0.15, -0.1) is 0 Å². The summed E-state index contributed by atoms with van der Waals surface area (Å²) in [5, 5.41) is 3.91. The van der Waals surface area contributed by atoms with Crippen LogP contribution in [0, 0.1) is 23.7 Å². The molecular weight excluding hydrogens is 226 g/mol. The summed E-state index contributed by atoms with van der Waals surface area (Å²) < 4.78 is 0. The molecule has 1 aliphatic heterocycles. The van der Waals surface area contributed by atoms with E-state index in [2.05, 4.69) is 37.8 Å². The highest BCUT2D eigenvalue weighted by Gasteiger charge is 2.30. The Morgan fingerprint density at radius 2 is 2.06 bits per heavy atom. The lowest BCUT2D eigenvalue weighted by atomic mass is 9.74. The van der Waals surface area contributed by atoms with Gasteiger partial charge in [-0.2, -0.15) is 11.8 Å². The van der Waals surface area contributed by atoms with E-state index in [1.165, 1.54) is 43.7 Å². The zero-order valence-corrected chi connectivity index (χ0v) is 12.6. The molecule has 2 aliphatic rings. The highest BCUT2D eigenvalue weighted by Crippen LogP contribution is 2.34. The van der Waals surface area contributed by atoms with Crippen LogP contribution in [0.25, 0.3) is 0 Å². The molecule has 100 valence electrons. The first-order chi connectivity index (χ1) is 8.16. The van der Waals surface area contributed by atoms with Gasteiger partial charge in [0, 0.05) is 6.04 Å². The van der Waals surface area contributed by atoms with Crippen LogP contribution in [0.3, 0.4) is 0 Å². The van der Waals surface area contributed by atoms with Crippen molar-refractivity contribution in [3.63, 3.8) is 0 Å². The Kier molecular flexibility index (Phi) is 5.23. The molecule has 1 saturated heterocycles. The van der Waals surface area contributed by atoms with Gasteiger partial charge >= 0.3 is 0 Å². The van der Waals surface area contributed by atoms with Crippen molar-refractivity contribution in [3.8, 4) is 0 Å². The highest BCUT2D eigenvalue weighted by atomic mass is 32.2. The lowest BCUT2D eigenvalue weighted by Crippen LogP contribution is -2.44. The Labute approximate surface area is 112 Å². The summed E-state index contributed by atoms with van der Waals surface area (Å²) in [5.74, 6) is 6.42. The zero-order valence-electron chi connectivity index (χ0n) is 11.7. The number of nitrogens with one attached hydrogen (secondary N) is 1. The molecule has 2 rings (SSSR count). The van der Waals surface area contributed by atoms with Gasteiger partial charge in [0.05, 0.1) is 0 Å². The molecule has 1 N–H and O–H groups in total. The standard InChI is InChI=1S/C15H29NS/c1-11(2)14-5-4-12(3)8-15(14)16-9-13-6-7-17-10-13/h11-16H,4-10H2,1-3H3. The van der Waals surface area contributed by atoms with Crippen LogP contribution in [0.1, 0.15) is 46.5 Å². The van der Waals surface area contributed by atoms with Gasteiger partial charge in [0.2, 0.25) is 0 Å². The molecule has 4 atom stereocenters. The van der Waals surface area contributed by atoms with E-state index in [0.717, 1.165) is 29.7 Å². The van der Waals surface area contributed by atoms with Crippen molar-refractivity contribution in [2.75, 3.05) is 18.1 Å². The smallest absolute Gasteiger partial charge is 0.0100 e. The SMILES string of the molecule is CC1CCC(C(C)C)C(NCC2CCSC2)C1. The summed E-state index contributed by atoms with van der Waals surface area (Å²) in [6.07, 6.45) is 5.73. The third-order valence-electron chi connectivity index (χ3n) is 4.71. The van der Waals surface area contributed by atoms with Crippen LogP contribution in [0.4, 0.5) is 0 Å². The van der Waals surface area contributed by atoms with E-state index in [-0.39, 0.29) is 0 Å². The summed E-state index contributed by atoms with van der Waals surface area (Å²) in [7, 11) is 0. The van der Waals surface area contributed by atoms with E-state index in [1.54, 1.807) is 0 Å². The topological polar surface area (TPSA) is 12.0 Å². The Hall–Kier alpha value is 0.310. The third kappa shape index (κ3) is 3.89. The van der Waals surface area contributed by atoms with Crippen molar-refractivity contribution in [2.24, 2.45) is 23.7 Å². The molecule has 0 aromatic carbocycles. The zero-order chi connectivity index (χ0) is 12.3. The van der Waals surface area contributed by atoms with Crippen molar-refractivity contribution < 1.29 is 0 Å². The molecule has 0 amide bonds. The third-order valence-corrected chi connectivity index (χ3v) is 5.95. The van der Waals surface area contributed by atoms with Gasteiger partial charge in [0.25, 0.3) is 0 Å². The van der Waals surface area contributed by atoms with E-state index >= 15 is 0 Å². The largest absolute Gasteiger partial charge is 0.313 e. The summed E-state index contributed by atoms with van der Waals surface area (Å²) >= 11 is 2.14. The number of rotatable bonds is 4. The number of hydrogen-bond donors (Lipinski definition) is 1. The molecular formula is C15H29NS. The molecule has 1 aliphatic carbocycles. The van der Waals surface area contributed by atoms with Crippen molar-refractivity contribution in [1.82, 2.24) is 5.32 Å². The maximum absolute atomic E-state index is 3.91. The summed E-state index contributed by atoms with van der Waals surface area (Å²) in [5.41, 5.74) is 0. The fourth-order valence-corrected chi connectivity index (χ4v) is 4.78. The molecule has 1 nitrogen and oxygen atoms in total. The van der Waals surface area contributed by atoms with E-state index in [9.17, 15) is 0 Å². The van der Waals surface area contributed by atoms with Gasteiger partial charge in [-0.05, 0) is 61.0 Å². The molecule has 2 heteroatoms. The molecule has 0 radical (unpaired) electrons. The van der Waals surface area contributed by atoms with Gasteiger partial charge in [-0.3, -0.25) is 0 Å². The Bertz CT molecular complexity index is 223. The van der Waals surface area contributed by atoms with Crippen LogP contribution in [0.15, 0.2) is 0 Å². The summed E-state index contributed by atoms with van der Waals surface area (Å²) in [4.78, 5) is 0. The van der Waals surface area contributed by atoms with Crippen LogP contribution >= 0.6 is 11.8 Å². The Morgan fingerprint density at radius 1 is 1.24 bits per heavy atom. The second kappa shape index (κ2) is 6.47. The molecule has 1 heterocycles. The molecule has 0 bridgehead atoms. The highest BCUT2D eigenvalue weighted by molar-refractivity contribution is 7.99. The minimum atomic E-state index is 0.796. The van der Waals surface area contributed by atoms with E-state index < -0.39 is 0 Å². The first-order valence-electron chi connectivity index (χ1n) is 7.48. The van der Waals surface area contributed by atoms with Gasteiger partial charge in [0.15, 0.2) is 0 Å². The Balaban J connectivity index is 1.81. The maximum atomic E-state index is 3.91. The van der Waals surface area contributed by atoms with Crippen LogP contribution < -0.4 is 5.32 Å². The van der Waals surface area contributed by atoms with Crippen molar-refractivity contribution in [3.05, 3.63) is 0 Å². The number of thioether (sulfide) groups is 1. The molecule has 4 unspecified atom stereocenters. The molecule has 0 spiro atoms. The average Bonchev–Trinajstić information content (AvgIpc) is 2.78. The van der Waals surface area contributed by atoms with Crippen molar-refractivity contribution >= 4 is 11.8 Å². The average molecular weight is 255 g/mol. The van der Waals surface area contributed by atoms with Gasteiger partial charge in [-0.25, -0.2) is 0 Å². The second-order valence-electron chi connectivity index (χ2n) is 6.57. The second-order valence-corrected chi connectivity index (χ2v) is 7.72. The molecule has 2 fully saturated rings. The Morgan fingerprint density at radius 3 is 2.71 bits per heavy atom.